The summed E-state index contributed by atoms with van der Waals surface area (Å²) in [4.78, 5) is 23.7. The van der Waals surface area contributed by atoms with E-state index in [4.69, 9.17) is 9.47 Å². The Morgan fingerprint density at radius 2 is 2.00 bits per heavy atom. The van der Waals surface area contributed by atoms with Gasteiger partial charge in [0.2, 0.25) is 0 Å². The second-order valence-electron chi connectivity index (χ2n) is 9.24. The van der Waals surface area contributed by atoms with Gasteiger partial charge in [-0.25, -0.2) is 0 Å². The van der Waals surface area contributed by atoms with Crippen molar-refractivity contribution >= 4 is 12.3 Å². The van der Waals surface area contributed by atoms with Gasteiger partial charge in [-0.2, -0.15) is 0 Å². The normalized spacial score (nSPS) is 26.9. The molecule has 0 saturated carbocycles. The quantitative estimate of drug-likeness (QED) is 0.147. The van der Waals surface area contributed by atoms with E-state index in [-0.39, 0.29) is 25.1 Å². The Bertz CT molecular complexity index is 624. The molecule has 0 aliphatic carbocycles. The summed E-state index contributed by atoms with van der Waals surface area (Å²) in [5, 5.41) is 19.2. The Morgan fingerprint density at radius 1 is 1.32 bits per heavy atom. The van der Waals surface area contributed by atoms with Crippen LogP contribution < -0.4 is 0 Å². The van der Waals surface area contributed by atoms with E-state index >= 15 is 0 Å². The number of carbonyl (C=O) groups excluding carboxylic acids is 2. The third-order valence-corrected chi connectivity index (χ3v) is 6.43. The van der Waals surface area contributed by atoms with Crippen molar-refractivity contribution in [1.29, 1.82) is 0 Å². The van der Waals surface area contributed by atoms with Crippen molar-refractivity contribution in [2.24, 2.45) is 5.41 Å². The third-order valence-electron chi connectivity index (χ3n) is 6.43. The predicted octanol–water partition coefficient (Wildman–Crippen LogP) is 4.28. The largest absolute Gasteiger partial charge is 0.455 e. The second kappa shape index (κ2) is 13.1. The number of carbonyl (C=O) groups is 2. The fourth-order valence-corrected chi connectivity index (χ4v) is 4.14. The van der Waals surface area contributed by atoms with Gasteiger partial charge in [-0.3, -0.25) is 9.59 Å². The Labute approximate surface area is 187 Å². The van der Waals surface area contributed by atoms with E-state index in [1.807, 2.05) is 33.8 Å². The van der Waals surface area contributed by atoms with E-state index in [9.17, 15) is 19.8 Å². The maximum atomic E-state index is 12.7. The smallest absolute Gasteiger partial charge is 0.306 e. The molecule has 4 atom stereocenters. The van der Waals surface area contributed by atoms with Crippen LogP contribution in [-0.4, -0.2) is 53.0 Å². The highest BCUT2D eigenvalue weighted by Crippen LogP contribution is 2.47. The van der Waals surface area contributed by atoms with Crippen molar-refractivity contribution in [3.05, 3.63) is 23.8 Å². The van der Waals surface area contributed by atoms with Crippen LogP contribution in [0.5, 0.6) is 0 Å². The molecular formula is C25H42O6. The molecule has 0 bridgehead atoms. The Kier molecular flexibility index (Phi) is 11.7. The van der Waals surface area contributed by atoms with E-state index in [0.717, 1.165) is 37.5 Å². The van der Waals surface area contributed by atoms with Crippen LogP contribution in [-0.2, 0) is 19.1 Å². The van der Waals surface area contributed by atoms with Gasteiger partial charge in [0, 0.05) is 18.3 Å². The Hall–Kier alpha value is -1.50. The zero-order chi connectivity index (χ0) is 23.5. The van der Waals surface area contributed by atoms with E-state index in [1.54, 1.807) is 6.08 Å². The third kappa shape index (κ3) is 7.85. The predicted molar refractivity (Wildman–Crippen MR) is 122 cm³/mol. The van der Waals surface area contributed by atoms with Gasteiger partial charge >= 0.3 is 5.97 Å². The lowest BCUT2D eigenvalue weighted by Gasteiger charge is -2.52. The number of rotatable bonds is 13. The SMILES string of the molecule is C/C=C1\C[C@@H](CC(O)CO)O[C@@](C)(C(C)(C)/C=C/C=O)[C@H]1OC(=O)CCCCCCC. The number of esters is 1. The van der Waals surface area contributed by atoms with E-state index in [2.05, 4.69) is 6.92 Å². The summed E-state index contributed by atoms with van der Waals surface area (Å²) in [6.45, 7) is 9.49. The lowest BCUT2D eigenvalue weighted by atomic mass is 9.68. The lowest BCUT2D eigenvalue weighted by Crippen LogP contribution is -2.60. The summed E-state index contributed by atoms with van der Waals surface area (Å²) in [6, 6.07) is 0. The highest BCUT2D eigenvalue weighted by atomic mass is 16.6. The highest BCUT2D eigenvalue weighted by Gasteiger charge is 2.54. The molecule has 0 radical (unpaired) electrons. The molecule has 0 aromatic heterocycles. The first-order valence-corrected chi connectivity index (χ1v) is 11.6. The average Bonchev–Trinajstić information content (AvgIpc) is 2.73. The topological polar surface area (TPSA) is 93.1 Å². The average molecular weight is 439 g/mol. The van der Waals surface area contributed by atoms with Crippen LogP contribution in [0.2, 0.25) is 0 Å². The molecule has 6 nitrogen and oxygen atoms in total. The van der Waals surface area contributed by atoms with Gasteiger partial charge in [-0.1, -0.05) is 58.6 Å². The number of aliphatic hydroxyl groups is 2. The van der Waals surface area contributed by atoms with E-state index < -0.39 is 23.2 Å². The molecule has 1 unspecified atom stereocenters. The van der Waals surface area contributed by atoms with Gasteiger partial charge < -0.3 is 19.7 Å². The van der Waals surface area contributed by atoms with Gasteiger partial charge in [0.05, 0.1) is 18.8 Å². The van der Waals surface area contributed by atoms with Gasteiger partial charge in [-0.05, 0) is 38.3 Å². The minimum Gasteiger partial charge on any atom is -0.455 e. The molecule has 2 N–H and O–H groups in total. The standard InChI is InChI=1S/C25H42O6/c1-6-8-9-10-11-13-22(29)30-23-19(7-2)16-21(17-20(28)18-27)31-25(23,5)24(3,4)14-12-15-26/h7,12,14-15,20-21,23,27-28H,6,8-11,13,16-18H2,1-5H3/b14-12+,19-7+/t20?,21-,23-,25+/m0/s1. The van der Waals surface area contributed by atoms with Crippen molar-refractivity contribution in [1.82, 2.24) is 0 Å². The van der Waals surface area contributed by atoms with Crippen molar-refractivity contribution in [2.75, 3.05) is 6.61 Å². The number of aldehydes is 1. The number of hydrogen-bond acceptors (Lipinski definition) is 6. The van der Waals surface area contributed by atoms with Gasteiger partial charge in [0.25, 0.3) is 0 Å². The molecule has 1 fully saturated rings. The molecule has 31 heavy (non-hydrogen) atoms. The summed E-state index contributed by atoms with van der Waals surface area (Å²) in [5.41, 5.74) is -0.669. The molecule has 1 saturated heterocycles. The molecule has 1 rings (SSSR count). The molecule has 1 aliphatic heterocycles. The van der Waals surface area contributed by atoms with E-state index in [0.29, 0.717) is 12.8 Å². The lowest BCUT2D eigenvalue weighted by molar-refractivity contribution is -0.218. The van der Waals surface area contributed by atoms with Crippen LogP contribution in [0.15, 0.2) is 23.8 Å². The molecule has 1 aliphatic rings. The summed E-state index contributed by atoms with van der Waals surface area (Å²) < 4.78 is 12.5. The summed E-state index contributed by atoms with van der Waals surface area (Å²) >= 11 is 0. The number of unbranched alkanes of at least 4 members (excludes halogenated alkanes) is 4. The van der Waals surface area contributed by atoms with E-state index in [1.165, 1.54) is 12.5 Å². The zero-order valence-electron chi connectivity index (χ0n) is 19.9. The monoisotopic (exact) mass is 438 g/mol. The summed E-state index contributed by atoms with van der Waals surface area (Å²) in [5.74, 6) is -0.250. The van der Waals surface area contributed by atoms with Crippen LogP contribution in [0.4, 0.5) is 0 Å². The summed E-state index contributed by atoms with van der Waals surface area (Å²) in [7, 11) is 0. The van der Waals surface area contributed by atoms with Gasteiger partial charge in [0.15, 0.2) is 6.10 Å². The van der Waals surface area contributed by atoms with Crippen LogP contribution in [0, 0.1) is 5.41 Å². The van der Waals surface area contributed by atoms with Crippen LogP contribution in [0.25, 0.3) is 0 Å². The van der Waals surface area contributed by atoms with Crippen LogP contribution in [0.1, 0.15) is 86.0 Å². The number of hydrogen-bond donors (Lipinski definition) is 2. The number of aliphatic hydroxyl groups excluding tert-OH is 2. The second-order valence-corrected chi connectivity index (χ2v) is 9.24. The number of ether oxygens (including phenoxy) is 2. The van der Waals surface area contributed by atoms with Crippen molar-refractivity contribution in [2.45, 2.75) is 110 Å². The molecule has 178 valence electrons. The van der Waals surface area contributed by atoms with Crippen molar-refractivity contribution < 1.29 is 29.3 Å². The Balaban J connectivity index is 3.10. The highest BCUT2D eigenvalue weighted by molar-refractivity contribution is 5.70. The minimum atomic E-state index is -0.954. The fraction of sp³-hybridized carbons (Fsp3) is 0.760. The maximum Gasteiger partial charge on any atom is 0.306 e. The maximum absolute atomic E-state index is 12.7. The van der Waals surface area contributed by atoms with Crippen LogP contribution >= 0.6 is 0 Å². The van der Waals surface area contributed by atoms with Crippen LogP contribution in [0.3, 0.4) is 0 Å². The summed E-state index contributed by atoms with van der Waals surface area (Å²) in [6.07, 6.45) is 10.4. The fourth-order valence-electron chi connectivity index (χ4n) is 4.14. The first kappa shape index (κ1) is 27.5. The molecule has 1 heterocycles. The minimum absolute atomic E-state index is 0.250. The van der Waals surface area contributed by atoms with Crippen molar-refractivity contribution in [3.8, 4) is 0 Å². The zero-order valence-corrected chi connectivity index (χ0v) is 19.9. The van der Waals surface area contributed by atoms with Gasteiger partial charge in [0.1, 0.15) is 11.9 Å². The molecule has 0 aromatic carbocycles. The molecule has 6 heteroatoms. The molecule has 0 spiro atoms. The first-order chi connectivity index (χ1) is 14.6. The first-order valence-electron chi connectivity index (χ1n) is 11.6. The van der Waals surface area contributed by atoms with Gasteiger partial charge in [-0.15, -0.1) is 0 Å². The Morgan fingerprint density at radius 3 is 2.58 bits per heavy atom. The number of allylic oxidation sites excluding steroid dienone is 2. The van der Waals surface area contributed by atoms with Crippen molar-refractivity contribution in [3.63, 3.8) is 0 Å². The molecule has 0 amide bonds. The molecular weight excluding hydrogens is 396 g/mol. The molecule has 0 aromatic rings.